The predicted octanol–water partition coefficient (Wildman–Crippen LogP) is 2.95. The van der Waals surface area contributed by atoms with Gasteiger partial charge in [-0.15, -0.1) is 0 Å². The summed E-state index contributed by atoms with van der Waals surface area (Å²) in [4.78, 5) is 12.0. The van der Waals surface area contributed by atoms with E-state index in [0.29, 0.717) is 30.2 Å². The second-order valence-corrected chi connectivity index (χ2v) is 6.73. The van der Waals surface area contributed by atoms with Crippen LogP contribution in [0.5, 0.6) is 0 Å². The van der Waals surface area contributed by atoms with Crippen molar-refractivity contribution in [2.24, 2.45) is 17.8 Å². The molecule has 0 aromatic carbocycles. The Labute approximate surface area is 118 Å². The van der Waals surface area contributed by atoms with Gasteiger partial charge in [0.2, 0.25) is 5.91 Å². The van der Waals surface area contributed by atoms with E-state index in [1.54, 1.807) is 0 Å². The zero-order valence-electron chi connectivity index (χ0n) is 13.2. The molecular weight excluding hydrogens is 236 g/mol. The standard InChI is InChI=1S/C16H32N2O/c1-12(2)7-8-14(4)18-16(19)10-13(3)15-6-5-9-17-11-15/h12-15,17H,5-11H2,1-4H3,(H,18,19). The van der Waals surface area contributed by atoms with Gasteiger partial charge in [-0.3, -0.25) is 4.79 Å². The van der Waals surface area contributed by atoms with Crippen LogP contribution in [0.2, 0.25) is 0 Å². The smallest absolute Gasteiger partial charge is 0.220 e. The average molecular weight is 268 g/mol. The first kappa shape index (κ1) is 16.5. The lowest BCUT2D eigenvalue weighted by atomic mass is 9.85. The molecule has 112 valence electrons. The number of rotatable bonds is 7. The van der Waals surface area contributed by atoms with Crippen LogP contribution >= 0.6 is 0 Å². The Morgan fingerprint density at radius 3 is 2.58 bits per heavy atom. The molecule has 1 fully saturated rings. The highest BCUT2D eigenvalue weighted by molar-refractivity contribution is 5.76. The monoisotopic (exact) mass is 268 g/mol. The number of piperidine rings is 1. The van der Waals surface area contributed by atoms with Crippen LogP contribution in [0, 0.1) is 17.8 Å². The van der Waals surface area contributed by atoms with E-state index in [-0.39, 0.29) is 5.91 Å². The molecule has 0 aromatic heterocycles. The molecule has 3 unspecified atom stereocenters. The molecule has 2 N–H and O–H groups in total. The average Bonchev–Trinajstić information content (AvgIpc) is 2.37. The van der Waals surface area contributed by atoms with Crippen molar-refractivity contribution in [3.8, 4) is 0 Å². The molecule has 3 nitrogen and oxygen atoms in total. The van der Waals surface area contributed by atoms with Crippen LogP contribution in [-0.2, 0) is 4.79 Å². The van der Waals surface area contributed by atoms with E-state index < -0.39 is 0 Å². The molecular formula is C16H32N2O. The van der Waals surface area contributed by atoms with E-state index >= 15 is 0 Å². The third-order valence-corrected chi connectivity index (χ3v) is 4.23. The number of carbonyl (C=O) groups is 1. The van der Waals surface area contributed by atoms with Gasteiger partial charge < -0.3 is 10.6 Å². The van der Waals surface area contributed by atoms with Crippen molar-refractivity contribution in [1.82, 2.24) is 10.6 Å². The molecule has 19 heavy (non-hydrogen) atoms. The van der Waals surface area contributed by atoms with Gasteiger partial charge in [0.05, 0.1) is 0 Å². The molecule has 1 amide bonds. The molecule has 3 heteroatoms. The molecule has 0 saturated carbocycles. The number of amides is 1. The highest BCUT2D eigenvalue weighted by Gasteiger charge is 2.22. The van der Waals surface area contributed by atoms with Crippen LogP contribution in [0.1, 0.15) is 59.8 Å². The first-order valence-electron chi connectivity index (χ1n) is 7.99. The molecule has 0 bridgehead atoms. The first-order chi connectivity index (χ1) is 8.99. The predicted molar refractivity (Wildman–Crippen MR) is 81.1 cm³/mol. The van der Waals surface area contributed by atoms with Crippen molar-refractivity contribution in [3.63, 3.8) is 0 Å². The number of hydrogen-bond donors (Lipinski definition) is 2. The lowest BCUT2D eigenvalue weighted by molar-refractivity contribution is -0.123. The van der Waals surface area contributed by atoms with Crippen LogP contribution in [0.4, 0.5) is 0 Å². The third kappa shape index (κ3) is 6.95. The second kappa shape index (κ2) is 8.57. The van der Waals surface area contributed by atoms with Crippen LogP contribution in [0.15, 0.2) is 0 Å². The molecule has 0 aromatic rings. The Bertz CT molecular complexity index is 259. The molecule has 0 aliphatic carbocycles. The van der Waals surface area contributed by atoms with Gasteiger partial charge in [0.25, 0.3) is 0 Å². The van der Waals surface area contributed by atoms with Gasteiger partial charge in [0.15, 0.2) is 0 Å². The summed E-state index contributed by atoms with van der Waals surface area (Å²) in [6, 6.07) is 0.312. The van der Waals surface area contributed by atoms with Gasteiger partial charge in [-0.2, -0.15) is 0 Å². The van der Waals surface area contributed by atoms with Crippen molar-refractivity contribution in [2.45, 2.75) is 65.8 Å². The van der Waals surface area contributed by atoms with Gasteiger partial charge in [-0.05, 0) is 63.5 Å². The Morgan fingerprint density at radius 1 is 1.26 bits per heavy atom. The second-order valence-electron chi connectivity index (χ2n) is 6.73. The SMILES string of the molecule is CC(C)CCC(C)NC(=O)CC(C)C1CCCNC1. The maximum atomic E-state index is 12.0. The third-order valence-electron chi connectivity index (χ3n) is 4.23. The summed E-state index contributed by atoms with van der Waals surface area (Å²) >= 11 is 0. The molecule has 3 atom stereocenters. The lowest BCUT2D eigenvalue weighted by Gasteiger charge is -2.28. The van der Waals surface area contributed by atoms with Crippen LogP contribution in [0.3, 0.4) is 0 Å². The van der Waals surface area contributed by atoms with E-state index in [4.69, 9.17) is 0 Å². The quantitative estimate of drug-likeness (QED) is 0.745. The van der Waals surface area contributed by atoms with E-state index in [2.05, 4.69) is 38.3 Å². The maximum Gasteiger partial charge on any atom is 0.220 e. The van der Waals surface area contributed by atoms with E-state index in [0.717, 1.165) is 19.5 Å². The minimum absolute atomic E-state index is 0.231. The fraction of sp³-hybridized carbons (Fsp3) is 0.938. The highest BCUT2D eigenvalue weighted by Crippen LogP contribution is 2.22. The van der Waals surface area contributed by atoms with Crippen LogP contribution in [0.25, 0.3) is 0 Å². The molecule has 1 heterocycles. The minimum atomic E-state index is 0.231. The van der Waals surface area contributed by atoms with E-state index in [1.165, 1.54) is 19.3 Å². The zero-order valence-corrected chi connectivity index (χ0v) is 13.2. The lowest BCUT2D eigenvalue weighted by Crippen LogP contribution is -2.37. The Morgan fingerprint density at radius 2 is 2.00 bits per heavy atom. The first-order valence-corrected chi connectivity index (χ1v) is 7.99. The normalized spacial score (nSPS) is 23.1. The van der Waals surface area contributed by atoms with Gasteiger partial charge >= 0.3 is 0 Å². The van der Waals surface area contributed by atoms with E-state index in [9.17, 15) is 4.79 Å². The van der Waals surface area contributed by atoms with Crippen molar-refractivity contribution in [2.75, 3.05) is 13.1 Å². The summed E-state index contributed by atoms with van der Waals surface area (Å²) in [5, 5.41) is 6.58. The fourth-order valence-electron chi connectivity index (χ4n) is 2.81. The summed E-state index contributed by atoms with van der Waals surface area (Å²) in [7, 11) is 0. The van der Waals surface area contributed by atoms with Gasteiger partial charge in [0, 0.05) is 12.5 Å². The van der Waals surface area contributed by atoms with Gasteiger partial charge in [-0.1, -0.05) is 20.8 Å². The number of hydrogen-bond acceptors (Lipinski definition) is 2. The zero-order chi connectivity index (χ0) is 14.3. The van der Waals surface area contributed by atoms with Crippen LogP contribution < -0.4 is 10.6 Å². The van der Waals surface area contributed by atoms with Crippen LogP contribution in [-0.4, -0.2) is 25.0 Å². The summed E-state index contributed by atoms with van der Waals surface area (Å²) in [5.74, 6) is 2.11. The molecule has 1 saturated heterocycles. The Kier molecular flexibility index (Phi) is 7.44. The fourth-order valence-corrected chi connectivity index (χ4v) is 2.81. The molecule has 0 spiro atoms. The van der Waals surface area contributed by atoms with Crippen molar-refractivity contribution in [1.29, 1.82) is 0 Å². The molecule has 1 aliphatic heterocycles. The van der Waals surface area contributed by atoms with Crippen molar-refractivity contribution in [3.05, 3.63) is 0 Å². The Balaban J connectivity index is 2.21. The summed E-state index contributed by atoms with van der Waals surface area (Å²) in [6.45, 7) is 11.0. The summed E-state index contributed by atoms with van der Waals surface area (Å²) in [5.41, 5.74) is 0. The maximum absolute atomic E-state index is 12.0. The largest absolute Gasteiger partial charge is 0.354 e. The van der Waals surface area contributed by atoms with Crippen molar-refractivity contribution < 1.29 is 4.79 Å². The number of carbonyl (C=O) groups excluding carboxylic acids is 1. The minimum Gasteiger partial charge on any atom is -0.354 e. The summed E-state index contributed by atoms with van der Waals surface area (Å²) < 4.78 is 0. The molecule has 1 rings (SSSR count). The number of nitrogens with one attached hydrogen (secondary N) is 2. The molecule has 1 aliphatic rings. The topological polar surface area (TPSA) is 41.1 Å². The van der Waals surface area contributed by atoms with Gasteiger partial charge in [0.1, 0.15) is 0 Å². The van der Waals surface area contributed by atoms with Crippen molar-refractivity contribution >= 4 is 5.91 Å². The molecule has 0 radical (unpaired) electrons. The summed E-state index contributed by atoms with van der Waals surface area (Å²) in [6.07, 6.45) is 5.47. The van der Waals surface area contributed by atoms with E-state index in [1.807, 2.05) is 0 Å². The Hall–Kier alpha value is -0.570. The highest BCUT2D eigenvalue weighted by atomic mass is 16.1. The van der Waals surface area contributed by atoms with Gasteiger partial charge in [-0.25, -0.2) is 0 Å².